The van der Waals surface area contributed by atoms with Gasteiger partial charge in [-0.05, 0) is 90.1 Å². The van der Waals surface area contributed by atoms with Crippen LogP contribution in [0.2, 0.25) is 0 Å². The molecule has 0 saturated carbocycles. The van der Waals surface area contributed by atoms with E-state index >= 15 is 0 Å². The minimum Gasteiger partial charge on any atom is -0.301 e. The Hall–Kier alpha value is -4.85. The SMILES string of the molecule is Cc1cc(C)c(N2c3ccccc3C3(c4ccccc4-c4ccccc43)c3cc(C=C4C(=O)N(C)C(=S)N(C)C4=O)sc32)c(C)c1. The lowest BCUT2D eigenvalue weighted by Crippen LogP contribution is -2.52. The molecular weight excluding hydrogens is 607 g/mol. The lowest BCUT2D eigenvalue weighted by Gasteiger charge is -2.44. The van der Waals surface area contributed by atoms with Crippen LogP contribution in [-0.4, -0.2) is 40.8 Å². The number of thiophene rings is 1. The fourth-order valence-corrected chi connectivity index (χ4v) is 9.17. The van der Waals surface area contributed by atoms with Gasteiger partial charge in [-0.3, -0.25) is 19.4 Å². The van der Waals surface area contributed by atoms with Crippen molar-refractivity contribution >= 4 is 62.9 Å². The summed E-state index contributed by atoms with van der Waals surface area (Å²) in [5.41, 5.74) is 12.6. The molecule has 1 fully saturated rings. The maximum Gasteiger partial charge on any atom is 0.265 e. The van der Waals surface area contributed by atoms with Crippen molar-refractivity contribution in [1.82, 2.24) is 9.80 Å². The van der Waals surface area contributed by atoms with Crippen LogP contribution in [-0.2, 0) is 15.0 Å². The molecule has 1 spiro atoms. The number of benzene rings is 4. The molecule has 1 aliphatic carbocycles. The number of para-hydroxylation sites is 1. The Morgan fingerprint density at radius 3 is 1.80 bits per heavy atom. The molecule has 3 aliphatic rings. The van der Waals surface area contributed by atoms with Gasteiger partial charge < -0.3 is 4.90 Å². The number of carbonyl (C=O) groups is 2. The second-order valence-electron chi connectivity index (χ2n) is 12.4. The number of anilines is 3. The summed E-state index contributed by atoms with van der Waals surface area (Å²) in [6.07, 6.45) is 1.75. The van der Waals surface area contributed by atoms with E-state index in [1.165, 1.54) is 54.3 Å². The van der Waals surface area contributed by atoms with Gasteiger partial charge in [0.2, 0.25) is 0 Å². The first-order valence-corrected chi connectivity index (χ1v) is 16.5. The van der Waals surface area contributed by atoms with Crippen LogP contribution in [0.1, 0.15) is 43.8 Å². The molecule has 2 amide bonds. The van der Waals surface area contributed by atoms with Crippen molar-refractivity contribution in [3.63, 3.8) is 0 Å². The fourth-order valence-electron chi connectivity index (χ4n) is 7.83. The largest absolute Gasteiger partial charge is 0.301 e. The molecule has 2 aliphatic heterocycles. The molecule has 0 radical (unpaired) electrons. The van der Waals surface area contributed by atoms with Gasteiger partial charge in [0.15, 0.2) is 5.11 Å². The van der Waals surface area contributed by atoms with Gasteiger partial charge in [-0.25, -0.2) is 0 Å². The van der Waals surface area contributed by atoms with E-state index < -0.39 is 17.2 Å². The van der Waals surface area contributed by atoms with Crippen molar-refractivity contribution in [2.24, 2.45) is 0 Å². The molecule has 226 valence electrons. The molecule has 0 bridgehead atoms. The average molecular weight is 638 g/mol. The van der Waals surface area contributed by atoms with Crippen LogP contribution >= 0.6 is 23.6 Å². The minimum absolute atomic E-state index is 0.102. The van der Waals surface area contributed by atoms with E-state index in [0.717, 1.165) is 26.8 Å². The lowest BCUT2D eigenvalue weighted by atomic mass is 9.66. The number of aryl methyl sites for hydroxylation is 3. The van der Waals surface area contributed by atoms with Crippen molar-refractivity contribution in [2.75, 3.05) is 19.0 Å². The van der Waals surface area contributed by atoms with E-state index in [2.05, 4.69) is 117 Å². The van der Waals surface area contributed by atoms with Gasteiger partial charge >= 0.3 is 0 Å². The first-order chi connectivity index (χ1) is 22.1. The van der Waals surface area contributed by atoms with Crippen LogP contribution in [0, 0.1) is 20.8 Å². The highest BCUT2D eigenvalue weighted by Gasteiger charge is 2.52. The molecule has 0 N–H and O–H groups in total. The summed E-state index contributed by atoms with van der Waals surface area (Å²) < 4.78 is 0. The maximum absolute atomic E-state index is 13.4. The van der Waals surface area contributed by atoms with Gasteiger partial charge in [0.25, 0.3) is 11.8 Å². The van der Waals surface area contributed by atoms with E-state index in [0.29, 0.717) is 0 Å². The fraction of sp³-hybridized carbons (Fsp3) is 0.154. The second-order valence-corrected chi connectivity index (χ2v) is 13.8. The Labute approximate surface area is 278 Å². The number of fused-ring (bicyclic) bond motifs is 9. The zero-order valence-corrected chi connectivity index (χ0v) is 27.8. The Kier molecular flexibility index (Phi) is 6.27. The van der Waals surface area contributed by atoms with E-state index in [1.807, 2.05) is 0 Å². The number of hydrogen-bond acceptors (Lipinski definition) is 5. The number of likely N-dealkylation sites (N-methyl/N-ethyl adjacent to an activating group) is 2. The van der Waals surface area contributed by atoms with Crippen LogP contribution in [0.15, 0.2) is 96.6 Å². The van der Waals surface area contributed by atoms with Crippen LogP contribution in [0.25, 0.3) is 17.2 Å². The molecule has 1 saturated heterocycles. The van der Waals surface area contributed by atoms with E-state index in [4.69, 9.17) is 12.2 Å². The number of rotatable bonds is 2. The zero-order valence-electron chi connectivity index (χ0n) is 26.2. The topological polar surface area (TPSA) is 43.9 Å². The highest BCUT2D eigenvalue weighted by atomic mass is 32.1. The van der Waals surface area contributed by atoms with Crippen LogP contribution in [0.3, 0.4) is 0 Å². The number of hydrogen-bond donors (Lipinski definition) is 0. The smallest absolute Gasteiger partial charge is 0.265 e. The second kappa shape index (κ2) is 10.1. The lowest BCUT2D eigenvalue weighted by molar-refractivity contribution is -0.132. The predicted octanol–water partition coefficient (Wildman–Crippen LogP) is 8.42. The quantitative estimate of drug-likeness (QED) is 0.108. The van der Waals surface area contributed by atoms with Crippen molar-refractivity contribution in [1.29, 1.82) is 0 Å². The molecule has 0 atom stereocenters. The summed E-state index contributed by atoms with van der Waals surface area (Å²) in [7, 11) is 3.23. The Bertz CT molecular complexity index is 2120. The number of carbonyl (C=O) groups excluding carboxylic acids is 2. The normalized spacial score (nSPS) is 16.1. The Morgan fingerprint density at radius 1 is 0.696 bits per heavy atom. The maximum atomic E-state index is 13.4. The van der Waals surface area contributed by atoms with Crippen LogP contribution in [0.5, 0.6) is 0 Å². The number of thiocarbonyl (C=S) groups is 1. The van der Waals surface area contributed by atoms with Crippen molar-refractivity contribution in [2.45, 2.75) is 26.2 Å². The highest BCUT2D eigenvalue weighted by molar-refractivity contribution is 7.80. The third-order valence-electron chi connectivity index (χ3n) is 9.63. The van der Waals surface area contributed by atoms with Crippen molar-refractivity contribution in [3.05, 3.63) is 140 Å². The molecule has 8 rings (SSSR count). The molecular formula is C39H31N3O2S2. The summed E-state index contributed by atoms with van der Waals surface area (Å²) in [5.74, 6) is -0.785. The third-order valence-corrected chi connectivity index (χ3v) is 11.2. The number of amides is 2. The summed E-state index contributed by atoms with van der Waals surface area (Å²) in [4.78, 5) is 32.8. The molecule has 4 aromatic carbocycles. The van der Waals surface area contributed by atoms with Gasteiger partial charge in [0.1, 0.15) is 10.6 Å². The van der Waals surface area contributed by atoms with Gasteiger partial charge in [-0.1, -0.05) is 84.4 Å². The van der Waals surface area contributed by atoms with Crippen LogP contribution < -0.4 is 4.90 Å². The summed E-state index contributed by atoms with van der Waals surface area (Å²) in [6.45, 7) is 6.48. The highest BCUT2D eigenvalue weighted by Crippen LogP contribution is 2.65. The Balaban J connectivity index is 1.48. The minimum atomic E-state index is -0.592. The molecule has 3 heterocycles. The van der Waals surface area contributed by atoms with Gasteiger partial charge in [0, 0.05) is 24.5 Å². The molecule has 5 nitrogen and oxygen atoms in total. The average Bonchev–Trinajstić information content (AvgIpc) is 3.60. The van der Waals surface area contributed by atoms with E-state index in [9.17, 15) is 9.59 Å². The third kappa shape index (κ3) is 3.70. The monoisotopic (exact) mass is 637 g/mol. The van der Waals surface area contributed by atoms with E-state index in [1.54, 1.807) is 31.5 Å². The Morgan fingerprint density at radius 2 is 1.22 bits per heavy atom. The zero-order chi connectivity index (χ0) is 32.1. The molecule has 0 unspecified atom stereocenters. The standard InChI is InChI=1S/C39H31N3O2S2/c1-22-18-23(2)34(24(3)19-22)42-33-17-11-10-16-31(33)39(29-14-8-6-12-26(29)27-13-7-9-15-30(27)39)32-21-25(46-37(32)42)20-28-35(43)40(4)38(45)41(5)36(28)44/h6-21H,1-5H3. The van der Waals surface area contributed by atoms with E-state index in [-0.39, 0.29) is 10.7 Å². The molecule has 7 heteroatoms. The van der Waals surface area contributed by atoms with Crippen molar-refractivity contribution in [3.8, 4) is 11.1 Å². The van der Waals surface area contributed by atoms with Gasteiger partial charge in [0.05, 0.1) is 16.8 Å². The predicted molar refractivity (Wildman–Crippen MR) is 190 cm³/mol. The van der Waals surface area contributed by atoms with Crippen LogP contribution in [0.4, 0.5) is 16.4 Å². The summed E-state index contributed by atoms with van der Waals surface area (Å²) >= 11 is 6.97. The van der Waals surface area contributed by atoms with Gasteiger partial charge in [-0.15, -0.1) is 11.3 Å². The molecule has 5 aromatic rings. The summed E-state index contributed by atoms with van der Waals surface area (Å²) in [6, 6.07) is 32.8. The molecule has 46 heavy (non-hydrogen) atoms. The summed E-state index contributed by atoms with van der Waals surface area (Å²) in [5, 5.41) is 1.27. The number of nitrogens with zero attached hydrogens (tertiary/aromatic N) is 3. The van der Waals surface area contributed by atoms with Crippen molar-refractivity contribution < 1.29 is 9.59 Å². The first kappa shape index (κ1) is 28.6. The molecule has 1 aromatic heterocycles. The first-order valence-electron chi connectivity index (χ1n) is 15.3. The van der Waals surface area contributed by atoms with Gasteiger partial charge in [-0.2, -0.15) is 0 Å².